The van der Waals surface area contributed by atoms with Crippen LogP contribution in [0.25, 0.3) is 16.7 Å². The number of rotatable bonds is 9. The smallest absolute Gasteiger partial charge is 0.332 e. The number of carboxylic acid groups (broad SMARTS) is 1. The molecule has 3 aromatic rings. The highest BCUT2D eigenvalue weighted by Crippen LogP contribution is 2.55. The van der Waals surface area contributed by atoms with Crippen molar-refractivity contribution in [1.82, 2.24) is 4.98 Å². The van der Waals surface area contributed by atoms with Crippen LogP contribution in [-0.4, -0.2) is 42.6 Å². The molecule has 9 heteroatoms. The van der Waals surface area contributed by atoms with Crippen molar-refractivity contribution in [2.45, 2.75) is 50.9 Å². The van der Waals surface area contributed by atoms with Crippen molar-refractivity contribution in [1.29, 1.82) is 0 Å². The number of allylic oxidation sites excluding steroid dienone is 1. The molecule has 0 bridgehead atoms. The van der Waals surface area contributed by atoms with Gasteiger partial charge in [-0.05, 0) is 78.8 Å². The number of aryl methyl sites for hydroxylation is 1. The molecular formula is C32H32FNO6S. The van der Waals surface area contributed by atoms with E-state index < -0.39 is 15.8 Å². The molecule has 1 saturated carbocycles. The summed E-state index contributed by atoms with van der Waals surface area (Å²) in [6, 6.07) is 14.1. The van der Waals surface area contributed by atoms with Crippen LogP contribution in [0.4, 0.5) is 4.39 Å². The standard InChI is InChI=1S/C32H32FNO6S/c1-18-24(10-12-29(34-18)40-16-20-5-3-4-6-28(20)41(2,37)38)19-7-11-27(33)22(13-19)17-39-23-8-9-25-21(14-23)15-26-30(25)31(26)32(35)36/h7-14,20,26,28H,3-6,15-17H2,1-2H3,(H,35,36)/t20-,26+,28+/m0/s1. The monoisotopic (exact) mass is 577 g/mol. The van der Waals surface area contributed by atoms with Gasteiger partial charge < -0.3 is 14.6 Å². The molecule has 7 nitrogen and oxygen atoms in total. The number of aromatic nitrogens is 1. The Morgan fingerprint density at radius 2 is 1.83 bits per heavy atom. The van der Waals surface area contributed by atoms with E-state index in [1.165, 1.54) is 12.3 Å². The third kappa shape index (κ3) is 5.47. The Kier molecular flexibility index (Phi) is 7.09. The average Bonchev–Trinajstić information content (AvgIpc) is 3.53. The van der Waals surface area contributed by atoms with Crippen LogP contribution in [0.15, 0.2) is 54.1 Å². The number of carboxylic acids is 1. The minimum atomic E-state index is -3.13. The van der Waals surface area contributed by atoms with Crippen LogP contribution in [0.1, 0.15) is 48.1 Å². The van der Waals surface area contributed by atoms with Gasteiger partial charge in [-0.3, -0.25) is 0 Å². The summed E-state index contributed by atoms with van der Waals surface area (Å²) in [6.45, 7) is 2.21. The highest BCUT2D eigenvalue weighted by atomic mass is 32.2. The normalized spacial score (nSPS) is 21.3. The van der Waals surface area contributed by atoms with Crippen LogP contribution >= 0.6 is 0 Å². The Hall–Kier alpha value is -3.72. The second kappa shape index (κ2) is 10.6. The SMILES string of the molecule is Cc1nc(OC[C@@H]2CCCC[C@H]2S(C)(=O)=O)ccc1-c1ccc(F)c(COc2ccc3c(c2)C[C@H]2C(C(=O)O)=C32)c1. The van der Waals surface area contributed by atoms with Gasteiger partial charge >= 0.3 is 5.97 Å². The van der Waals surface area contributed by atoms with Crippen LogP contribution in [0.2, 0.25) is 0 Å². The van der Waals surface area contributed by atoms with Crippen molar-refractivity contribution in [2.24, 2.45) is 11.8 Å². The minimum absolute atomic E-state index is 0.0113. The Bertz CT molecular complexity index is 1680. The maximum Gasteiger partial charge on any atom is 0.332 e. The molecule has 1 heterocycles. The predicted molar refractivity (Wildman–Crippen MR) is 153 cm³/mol. The van der Waals surface area contributed by atoms with E-state index in [1.807, 2.05) is 25.1 Å². The van der Waals surface area contributed by atoms with Crippen LogP contribution in [0.5, 0.6) is 11.6 Å². The Morgan fingerprint density at radius 1 is 1.05 bits per heavy atom. The maximum atomic E-state index is 14.7. The van der Waals surface area contributed by atoms with Gasteiger partial charge in [-0.2, -0.15) is 0 Å². The minimum Gasteiger partial charge on any atom is -0.489 e. The number of carbonyl (C=O) groups is 1. The number of sulfone groups is 1. The number of hydrogen-bond acceptors (Lipinski definition) is 6. The van der Waals surface area contributed by atoms with E-state index in [2.05, 4.69) is 4.98 Å². The van der Waals surface area contributed by atoms with Gasteiger partial charge in [0.25, 0.3) is 0 Å². The zero-order chi connectivity index (χ0) is 28.9. The number of hydrogen-bond donors (Lipinski definition) is 1. The maximum absolute atomic E-state index is 14.7. The Balaban J connectivity index is 1.12. The molecular weight excluding hydrogens is 545 g/mol. The number of pyridine rings is 1. The lowest BCUT2D eigenvalue weighted by Gasteiger charge is -2.29. The molecule has 214 valence electrons. The summed E-state index contributed by atoms with van der Waals surface area (Å²) < 4.78 is 51.0. The van der Waals surface area contributed by atoms with Gasteiger partial charge in [0, 0.05) is 46.6 Å². The number of halogens is 1. The Labute approximate surface area is 239 Å². The van der Waals surface area contributed by atoms with E-state index in [9.17, 15) is 22.7 Å². The highest BCUT2D eigenvalue weighted by Gasteiger charge is 2.47. The van der Waals surface area contributed by atoms with Crippen molar-refractivity contribution in [3.05, 3.63) is 82.3 Å². The molecule has 0 spiro atoms. The molecule has 6 rings (SSSR count). The quantitative estimate of drug-likeness (QED) is 0.344. The van der Waals surface area contributed by atoms with Crippen molar-refractivity contribution in [2.75, 3.05) is 12.9 Å². The van der Waals surface area contributed by atoms with Crippen LogP contribution in [0, 0.1) is 24.6 Å². The first kappa shape index (κ1) is 27.4. The fourth-order valence-corrected chi connectivity index (χ4v) is 7.95. The van der Waals surface area contributed by atoms with Gasteiger partial charge in [0.2, 0.25) is 5.88 Å². The van der Waals surface area contributed by atoms with Gasteiger partial charge in [0.1, 0.15) is 18.2 Å². The molecule has 0 unspecified atom stereocenters. The zero-order valence-electron chi connectivity index (χ0n) is 23.0. The molecule has 1 N–H and O–H groups in total. The molecule has 0 amide bonds. The predicted octanol–water partition coefficient (Wildman–Crippen LogP) is 5.78. The van der Waals surface area contributed by atoms with Crippen LogP contribution in [0.3, 0.4) is 0 Å². The number of nitrogens with zero attached hydrogens (tertiary/aromatic N) is 1. The fraction of sp³-hybridized carbons (Fsp3) is 0.375. The summed E-state index contributed by atoms with van der Waals surface area (Å²) in [5.41, 5.74) is 6.22. The van der Waals surface area contributed by atoms with E-state index in [0.717, 1.165) is 52.8 Å². The van der Waals surface area contributed by atoms with E-state index in [4.69, 9.17) is 9.47 Å². The molecule has 3 atom stereocenters. The van der Waals surface area contributed by atoms with Crippen molar-refractivity contribution in [3.8, 4) is 22.8 Å². The first-order valence-electron chi connectivity index (χ1n) is 13.9. The lowest BCUT2D eigenvalue weighted by Crippen LogP contribution is -2.35. The van der Waals surface area contributed by atoms with Crippen LogP contribution < -0.4 is 9.47 Å². The summed E-state index contributed by atoms with van der Waals surface area (Å²) >= 11 is 0. The molecule has 3 aliphatic carbocycles. The van der Waals surface area contributed by atoms with E-state index in [-0.39, 0.29) is 29.5 Å². The fourth-order valence-electron chi connectivity index (χ4n) is 6.44. The van der Waals surface area contributed by atoms with Gasteiger partial charge in [0.05, 0.1) is 11.9 Å². The molecule has 41 heavy (non-hydrogen) atoms. The topological polar surface area (TPSA) is 103 Å². The number of benzene rings is 2. The van der Waals surface area contributed by atoms with Gasteiger partial charge in [-0.15, -0.1) is 0 Å². The molecule has 0 aliphatic heterocycles. The zero-order valence-corrected chi connectivity index (χ0v) is 23.8. The summed E-state index contributed by atoms with van der Waals surface area (Å²) in [4.78, 5) is 15.9. The molecule has 1 aromatic heterocycles. The van der Waals surface area contributed by atoms with Crippen molar-refractivity contribution < 1.29 is 32.2 Å². The first-order chi connectivity index (χ1) is 19.6. The van der Waals surface area contributed by atoms with E-state index >= 15 is 0 Å². The molecule has 2 aromatic carbocycles. The van der Waals surface area contributed by atoms with Gasteiger partial charge in [-0.1, -0.05) is 25.0 Å². The molecule has 3 aliphatic rings. The third-order valence-electron chi connectivity index (χ3n) is 8.57. The van der Waals surface area contributed by atoms with Gasteiger partial charge in [0.15, 0.2) is 9.84 Å². The largest absolute Gasteiger partial charge is 0.489 e. The molecule has 0 saturated heterocycles. The molecule has 1 fully saturated rings. The van der Waals surface area contributed by atoms with Crippen LogP contribution in [-0.2, 0) is 27.7 Å². The number of fused-ring (bicyclic) bond motifs is 3. The third-order valence-corrected chi connectivity index (χ3v) is 10.3. The summed E-state index contributed by atoms with van der Waals surface area (Å²) in [7, 11) is -3.13. The lowest BCUT2D eigenvalue weighted by molar-refractivity contribution is -0.132. The second-order valence-corrected chi connectivity index (χ2v) is 13.6. The average molecular weight is 578 g/mol. The van der Waals surface area contributed by atoms with Gasteiger partial charge in [-0.25, -0.2) is 22.6 Å². The summed E-state index contributed by atoms with van der Waals surface area (Å²) in [5, 5.41) is 8.90. The number of aliphatic carboxylic acids is 1. The second-order valence-electron chi connectivity index (χ2n) is 11.3. The van der Waals surface area contributed by atoms with Crippen molar-refractivity contribution >= 4 is 21.4 Å². The summed E-state index contributed by atoms with van der Waals surface area (Å²) in [5.74, 6) is -0.196. The Morgan fingerprint density at radius 3 is 2.59 bits per heavy atom. The molecule has 0 radical (unpaired) electrons. The number of ether oxygens (including phenoxy) is 2. The summed E-state index contributed by atoms with van der Waals surface area (Å²) in [6.07, 6.45) is 5.39. The first-order valence-corrected chi connectivity index (χ1v) is 15.9. The lowest BCUT2D eigenvalue weighted by atomic mass is 9.89. The van der Waals surface area contributed by atoms with Crippen molar-refractivity contribution in [3.63, 3.8) is 0 Å². The highest BCUT2D eigenvalue weighted by molar-refractivity contribution is 7.91. The van der Waals surface area contributed by atoms with E-state index in [1.54, 1.807) is 24.3 Å². The van der Waals surface area contributed by atoms with E-state index in [0.29, 0.717) is 42.2 Å².